The summed E-state index contributed by atoms with van der Waals surface area (Å²) in [6.07, 6.45) is 0. The van der Waals surface area contributed by atoms with Gasteiger partial charge in [-0.25, -0.2) is 4.99 Å². The molecular weight excluding hydrogens is 256 g/mol. The molecule has 0 radical (unpaired) electrons. The second-order valence-electron chi connectivity index (χ2n) is 4.67. The number of benzene rings is 2. The predicted molar refractivity (Wildman–Crippen MR) is 82.5 cm³/mol. The van der Waals surface area contributed by atoms with Crippen LogP contribution >= 0.6 is 11.6 Å². The minimum atomic E-state index is 0.734. The van der Waals surface area contributed by atoms with Gasteiger partial charge in [0.05, 0.1) is 5.69 Å². The van der Waals surface area contributed by atoms with Crippen LogP contribution < -0.4 is 0 Å². The van der Waals surface area contributed by atoms with Crippen LogP contribution in [0.25, 0.3) is 0 Å². The number of rotatable bonds is 2. The van der Waals surface area contributed by atoms with Crippen LogP contribution in [-0.4, -0.2) is 24.8 Å². The lowest BCUT2D eigenvalue weighted by Gasteiger charge is -2.16. The molecule has 0 unspecified atom stereocenters. The van der Waals surface area contributed by atoms with Gasteiger partial charge in [-0.15, -0.1) is 0 Å². The Kier molecular flexibility index (Phi) is 4.23. The molecule has 2 rings (SSSR count). The molecule has 3 heteroatoms. The van der Waals surface area contributed by atoms with E-state index in [0.29, 0.717) is 0 Å². The molecule has 19 heavy (non-hydrogen) atoms. The summed E-state index contributed by atoms with van der Waals surface area (Å²) in [5.74, 6) is 0.917. The molecular formula is C16H17ClN2. The largest absolute Gasteiger partial charge is 0.362 e. The Balaban J connectivity index is 2.40. The zero-order chi connectivity index (χ0) is 13.8. The summed E-state index contributed by atoms with van der Waals surface area (Å²) in [5.41, 5.74) is 3.23. The standard InChI is InChI=1S/C16H17ClN2/c1-12-4-10-15(11-5-12)18-16(19(2)3)13-6-8-14(17)9-7-13/h4-11H,1-3H3. The maximum Gasteiger partial charge on any atom is 0.136 e. The van der Waals surface area contributed by atoms with E-state index in [9.17, 15) is 0 Å². The van der Waals surface area contributed by atoms with Crippen molar-refractivity contribution in [1.29, 1.82) is 0 Å². The molecule has 0 atom stereocenters. The van der Waals surface area contributed by atoms with Crippen molar-refractivity contribution in [3.63, 3.8) is 0 Å². The first-order valence-electron chi connectivity index (χ1n) is 6.15. The Morgan fingerprint density at radius 2 is 1.53 bits per heavy atom. The number of nitrogens with zero attached hydrogens (tertiary/aromatic N) is 2. The molecule has 0 aliphatic carbocycles. The molecule has 0 bridgehead atoms. The molecule has 0 fully saturated rings. The zero-order valence-electron chi connectivity index (χ0n) is 11.4. The third-order valence-electron chi connectivity index (χ3n) is 2.79. The molecule has 0 heterocycles. The fourth-order valence-electron chi connectivity index (χ4n) is 1.76. The van der Waals surface area contributed by atoms with Gasteiger partial charge in [0.25, 0.3) is 0 Å². The van der Waals surface area contributed by atoms with E-state index in [1.54, 1.807) is 0 Å². The minimum absolute atomic E-state index is 0.734. The smallest absolute Gasteiger partial charge is 0.136 e. The summed E-state index contributed by atoms with van der Waals surface area (Å²) in [5, 5.41) is 0.734. The van der Waals surface area contributed by atoms with Crippen LogP contribution in [0.1, 0.15) is 11.1 Å². The van der Waals surface area contributed by atoms with Crippen LogP contribution in [0.2, 0.25) is 5.02 Å². The first-order chi connectivity index (χ1) is 9.06. The van der Waals surface area contributed by atoms with Crippen molar-refractivity contribution in [2.75, 3.05) is 14.1 Å². The average molecular weight is 273 g/mol. The second kappa shape index (κ2) is 5.89. The van der Waals surface area contributed by atoms with Crippen LogP contribution in [0.3, 0.4) is 0 Å². The van der Waals surface area contributed by atoms with Gasteiger partial charge in [-0.3, -0.25) is 0 Å². The van der Waals surface area contributed by atoms with E-state index < -0.39 is 0 Å². The van der Waals surface area contributed by atoms with Gasteiger partial charge in [0.15, 0.2) is 0 Å². The Morgan fingerprint density at radius 3 is 2.05 bits per heavy atom. The van der Waals surface area contributed by atoms with E-state index in [-0.39, 0.29) is 0 Å². The Bertz CT molecular complexity index is 569. The van der Waals surface area contributed by atoms with Crippen LogP contribution in [0.15, 0.2) is 53.5 Å². The molecule has 0 amide bonds. The number of hydrogen-bond acceptors (Lipinski definition) is 1. The van der Waals surface area contributed by atoms with Crippen molar-refractivity contribution in [2.45, 2.75) is 6.92 Å². The summed E-state index contributed by atoms with van der Waals surface area (Å²) in [7, 11) is 3.98. The Hall–Kier alpha value is -1.80. The summed E-state index contributed by atoms with van der Waals surface area (Å²) in [6, 6.07) is 15.9. The van der Waals surface area contributed by atoms with E-state index in [1.165, 1.54) is 5.56 Å². The number of halogens is 1. The lowest BCUT2D eigenvalue weighted by molar-refractivity contribution is 0.624. The number of aliphatic imine (C=N–C) groups is 1. The monoisotopic (exact) mass is 272 g/mol. The molecule has 0 aliphatic rings. The van der Waals surface area contributed by atoms with Crippen molar-refractivity contribution in [1.82, 2.24) is 4.90 Å². The topological polar surface area (TPSA) is 15.6 Å². The highest BCUT2D eigenvalue weighted by Gasteiger charge is 2.06. The minimum Gasteiger partial charge on any atom is -0.362 e. The molecule has 2 aromatic rings. The fourth-order valence-corrected chi connectivity index (χ4v) is 1.89. The molecule has 0 saturated carbocycles. The van der Waals surface area contributed by atoms with E-state index in [4.69, 9.17) is 16.6 Å². The van der Waals surface area contributed by atoms with Gasteiger partial charge in [0.2, 0.25) is 0 Å². The van der Waals surface area contributed by atoms with E-state index in [0.717, 1.165) is 22.1 Å². The highest BCUT2D eigenvalue weighted by Crippen LogP contribution is 2.17. The van der Waals surface area contributed by atoms with Crippen LogP contribution in [-0.2, 0) is 0 Å². The van der Waals surface area contributed by atoms with Gasteiger partial charge < -0.3 is 4.90 Å². The maximum atomic E-state index is 5.92. The Labute approximate surface area is 119 Å². The number of amidine groups is 1. The molecule has 0 spiro atoms. The molecule has 0 saturated heterocycles. The summed E-state index contributed by atoms with van der Waals surface area (Å²) < 4.78 is 0. The van der Waals surface area contributed by atoms with E-state index in [1.807, 2.05) is 55.4 Å². The lowest BCUT2D eigenvalue weighted by Crippen LogP contribution is -2.22. The summed E-state index contributed by atoms with van der Waals surface area (Å²) in [4.78, 5) is 6.70. The van der Waals surface area contributed by atoms with Gasteiger partial charge in [-0.2, -0.15) is 0 Å². The van der Waals surface area contributed by atoms with Crippen LogP contribution in [0.4, 0.5) is 5.69 Å². The first-order valence-corrected chi connectivity index (χ1v) is 6.52. The van der Waals surface area contributed by atoms with Gasteiger partial charge in [-0.1, -0.05) is 29.3 Å². The molecule has 98 valence electrons. The van der Waals surface area contributed by atoms with Crippen LogP contribution in [0, 0.1) is 6.92 Å². The highest BCUT2D eigenvalue weighted by molar-refractivity contribution is 6.30. The van der Waals surface area contributed by atoms with Gasteiger partial charge >= 0.3 is 0 Å². The SMILES string of the molecule is Cc1ccc(N=C(c2ccc(Cl)cc2)N(C)C)cc1. The van der Waals surface area contributed by atoms with E-state index in [2.05, 4.69) is 19.1 Å². The average Bonchev–Trinajstić information content (AvgIpc) is 2.39. The zero-order valence-corrected chi connectivity index (χ0v) is 12.1. The summed E-state index contributed by atoms with van der Waals surface area (Å²) >= 11 is 5.92. The first kappa shape index (κ1) is 13.6. The Morgan fingerprint density at radius 1 is 0.947 bits per heavy atom. The van der Waals surface area contributed by atoms with E-state index >= 15 is 0 Å². The van der Waals surface area contributed by atoms with Crippen LogP contribution in [0.5, 0.6) is 0 Å². The van der Waals surface area contributed by atoms with Crippen molar-refractivity contribution in [2.24, 2.45) is 4.99 Å². The molecule has 2 nitrogen and oxygen atoms in total. The van der Waals surface area contributed by atoms with Crippen molar-refractivity contribution < 1.29 is 0 Å². The fraction of sp³-hybridized carbons (Fsp3) is 0.188. The molecule has 2 aromatic carbocycles. The third kappa shape index (κ3) is 3.58. The summed E-state index contributed by atoms with van der Waals surface area (Å²) in [6.45, 7) is 2.07. The van der Waals surface area contributed by atoms with Gasteiger partial charge in [-0.05, 0) is 43.3 Å². The number of hydrogen-bond donors (Lipinski definition) is 0. The normalized spacial score (nSPS) is 11.5. The number of aryl methyl sites for hydroxylation is 1. The second-order valence-corrected chi connectivity index (χ2v) is 5.11. The molecule has 0 aliphatic heterocycles. The van der Waals surface area contributed by atoms with Gasteiger partial charge in [0, 0.05) is 24.7 Å². The molecule has 0 aromatic heterocycles. The van der Waals surface area contributed by atoms with Crippen molar-refractivity contribution in [3.05, 3.63) is 64.7 Å². The molecule has 0 N–H and O–H groups in total. The van der Waals surface area contributed by atoms with Crippen molar-refractivity contribution in [3.8, 4) is 0 Å². The third-order valence-corrected chi connectivity index (χ3v) is 3.05. The van der Waals surface area contributed by atoms with Gasteiger partial charge in [0.1, 0.15) is 5.84 Å². The quantitative estimate of drug-likeness (QED) is 0.588. The van der Waals surface area contributed by atoms with Crippen molar-refractivity contribution >= 4 is 23.1 Å². The lowest BCUT2D eigenvalue weighted by atomic mass is 10.2. The maximum absolute atomic E-state index is 5.92. The highest BCUT2D eigenvalue weighted by atomic mass is 35.5. The predicted octanol–water partition coefficient (Wildman–Crippen LogP) is 4.29.